The van der Waals surface area contributed by atoms with Gasteiger partial charge in [0.1, 0.15) is 6.10 Å². The second kappa shape index (κ2) is 7.20. The Morgan fingerprint density at radius 2 is 2.00 bits per heavy atom. The highest BCUT2D eigenvalue weighted by Gasteiger charge is 2.21. The van der Waals surface area contributed by atoms with Gasteiger partial charge in [0, 0.05) is 24.5 Å². The summed E-state index contributed by atoms with van der Waals surface area (Å²) in [5.41, 5.74) is 1.48. The molecule has 0 fully saturated rings. The molecule has 0 spiro atoms. The zero-order valence-corrected chi connectivity index (χ0v) is 12.7. The van der Waals surface area contributed by atoms with Crippen LogP contribution in [0.4, 0.5) is 0 Å². The summed E-state index contributed by atoms with van der Waals surface area (Å²) in [5, 5.41) is 3.59. The van der Waals surface area contributed by atoms with E-state index in [0.717, 1.165) is 5.56 Å². The molecule has 0 saturated carbocycles. The largest absolute Gasteiger partial charge is 0.375 e. The number of amides is 1. The SMILES string of the molecule is CO[C@@H](c1ccc(Cl)cc1)[C@H](C)NC(=O)c1cccnc1. The van der Waals surface area contributed by atoms with Crippen LogP contribution in [0.2, 0.25) is 5.02 Å². The van der Waals surface area contributed by atoms with E-state index in [1.54, 1.807) is 37.6 Å². The van der Waals surface area contributed by atoms with Crippen molar-refractivity contribution in [2.75, 3.05) is 7.11 Å². The van der Waals surface area contributed by atoms with E-state index in [0.29, 0.717) is 10.6 Å². The highest BCUT2D eigenvalue weighted by atomic mass is 35.5. The maximum Gasteiger partial charge on any atom is 0.253 e. The van der Waals surface area contributed by atoms with Crippen LogP contribution in [0, 0.1) is 0 Å². The summed E-state index contributed by atoms with van der Waals surface area (Å²) in [6, 6.07) is 10.7. The second-order valence-corrected chi connectivity index (χ2v) is 5.15. The smallest absolute Gasteiger partial charge is 0.253 e. The topological polar surface area (TPSA) is 51.2 Å². The van der Waals surface area contributed by atoms with Crippen LogP contribution in [0.15, 0.2) is 48.8 Å². The van der Waals surface area contributed by atoms with Crippen LogP contribution < -0.4 is 5.32 Å². The molecular weight excluding hydrogens is 288 g/mol. The Kier molecular flexibility index (Phi) is 5.31. The van der Waals surface area contributed by atoms with E-state index in [-0.39, 0.29) is 18.1 Å². The van der Waals surface area contributed by atoms with Crippen molar-refractivity contribution in [3.8, 4) is 0 Å². The van der Waals surface area contributed by atoms with Crippen molar-refractivity contribution in [2.45, 2.75) is 19.1 Å². The van der Waals surface area contributed by atoms with Gasteiger partial charge in [-0.05, 0) is 36.8 Å². The molecule has 1 aromatic heterocycles. The van der Waals surface area contributed by atoms with Gasteiger partial charge >= 0.3 is 0 Å². The fourth-order valence-corrected chi connectivity index (χ4v) is 2.27. The lowest BCUT2D eigenvalue weighted by Crippen LogP contribution is -2.37. The molecule has 0 saturated heterocycles. The van der Waals surface area contributed by atoms with Gasteiger partial charge < -0.3 is 10.1 Å². The lowest BCUT2D eigenvalue weighted by Gasteiger charge is -2.24. The Balaban J connectivity index is 2.08. The van der Waals surface area contributed by atoms with Crippen LogP contribution in [0.25, 0.3) is 0 Å². The minimum atomic E-state index is -0.247. The van der Waals surface area contributed by atoms with E-state index in [2.05, 4.69) is 10.3 Å². The molecule has 0 bridgehead atoms. The first-order chi connectivity index (χ1) is 10.1. The van der Waals surface area contributed by atoms with Crippen molar-refractivity contribution in [3.63, 3.8) is 0 Å². The van der Waals surface area contributed by atoms with Gasteiger partial charge in [0.15, 0.2) is 0 Å². The highest BCUT2D eigenvalue weighted by Crippen LogP contribution is 2.22. The Morgan fingerprint density at radius 1 is 1.29 bits per heavy atom. The first-order valence-corrected chi connectivity index (χ1v) is 6.98. The van der Waals surface area contributed by atoms with Crippen molar-refractivity contribution in [3.05, 3.63) is 64.9 Å². The summed E-state index contributed by atoms with van der Waals surface area (Å²) >= 11 is 5.89. The van der Waals surface area contributed by atoms with Crippen molar-refractivity contribution in [1.82, 2.24) is 10.3 Å². The second-order valence-electron chi connectivity index (χ2n) is 4.71. The minimum absolute atomic E-state index is 0.174. The number of rotatable bonds is 5. The lowest BCUT2D eigenvalue weighted by molar-refractivity contribution is 0.0645. The van der Waals surface area contributed by atoms with Crippen LogP contribution in [0.1, 0.15) is 28.9 Å². The molecule has 21 heavy (non-hydrogen) atoms. The number of aromatic nitrogens is 1. The van der Waals surface area contributed by atoms with Gasteiger partial charge in [-0.25, -0.2) is 0 Å². The first kappa shape index (κ1) is 15.5. The third-order valence-electron chi connectivity index (χ3n) is 3.19. The number of hydrogen-bond acceptors (Lipinski definition) is 3. The Bertz CT molecular complexity index is 587. The van der Waals surface area contributed by atoms with Crippen LogP contribution in [0.5, 0.6) is 0 Å². The molecule has 2 aromatic rings. The predicted octanol–water partition coefficient (Wildman–Crippen LogP) is 3.24. The number of benzene rings is 1. The third kappa shape index (κ3) is 4.03. The Labute approximate surface area is 129 Å². The van der Waals surface area contributed by atoms with Gasteiger partial charge in [-0.15, -0.1) is 0 Å². The number of carbonyl (C=O) groups excluding carboxylic acids is 1. The molecular formula is C16H17ClN2O2. The molecule has 5 heteroatoms. The molecule has 2 atom stereocenters. The molecule has 0 radical (unpaired) electrons. The fraction of sp³-hybridized carbons (Fsp3) is 0.250. The van der Waals surface area contributed by atoms with E-state index in [1.807, 2.05) is 19.1 Å². The van der Waals surface area contributed by atoms with Crippen LogP contribution >= 0.6 is 11.6 Å². The number of pyridine rings is 1. The fourth-order valence-electron chi connectivity index (χ4n) is 2.14. The van der Waals surface area contributed by atoms with Gasteiger partial charge in [0.25, 0.3) is 5.91 Å². The number of nitrogens with zero attached hydrogens (tertiary/aromatic N) is 1. The monoisotopic (exact) mass is 304 g/mol. The van der Waals surface area contributed by atoms with Gasteiger partial charge in [-0.2, -0.15) is 0 Å². The lowest BCUT2D eigenvalue weighted by atomic mass is 10.0. The maximum absolute atomic E-state index is 12.1. The van der Waals surface area contributed by atoms with Gasteiger partial charge in [-0.1, -0.05) is 23.7 Å². The molecule has 1 heterocycles. The number of nitrogens with one attached hydrogen (secondary N) is 1. The van der Waals surface area contributed by atoms with Crippen LogP contribution in [-0.2, 0) is 4.74 Å². The number of ether oxygens (including phenoxy) is 1. The maximum atomic E-state index is 12.1. The summed E-state index contributed by atoms with van der Waals surface area (Å²) < 4.78 is 5.50. The van der Waals surface area contributed by atoms with Gasteiger partial charge in [0.05, 0.1) is 11.6 Å². The molecule has 4 nitrogen and oxygen atoms in total. The van der Waals surface area contributed by atoms with Crippen LogP contribution in [0.3, 0.4) is 0 Å². The molecule has 2 rings (SSSR count). The molecule has 1 N–H and O–H groups in total. The average Bonchev–Trinajstić information content (AvgIpc) is 2.50. The zero-order chi connectivity index (χ0) is 15.2. The van der Waals surface area contributed by atoms with Crippen molar-refractivity contribution < 1.29 is 9.53 Å². The Morgan fingerprint density at radius 3 is 2.57 bits per heavy atom. The van der Waals surface area contributed by atoms with E-state index in [1.165, 1.54) is 6.20 Å². The molecule has 0 aliphatic heterocycles. The average molecular weight is 305 g/mol. The summed E-state index contributed by atoms with van der Waals surface area (Å²) in [5.74, 6) is -0.174. The molecule has 110 valence electrons. The number of halogens is 1. The summed E-state index contributed by atoms with van der Waals surface area (Å²) in [6.07, 6.45) is 2.92. The minimum Gasteiger partial charge on any atom is -0.375 e. The van der Waals surface area contributed by atoms with Gasteiger partial charge in [0.2, 0.25) is 0 Å². The molecule has 0 aliphatic rings. The number of hydrogen-bond donors (Lipinski definition) is 1. The molecule has 1 aromatic carbocycles. The van der Waals surface area contributed by atoms with Crippen LogP contribution in [-0.4, -0.2) is 24.0 Å². The van der Waals surface area contributed by atoms with E-state index in [4.69, 9.17) is 16.3 Å². The van der Waals surface area contributed by atoms with E-state index < -0.39 is 0 Å². The number of carbonyl (C=O) groups is 1. The zero-order valence-electron chi connectivity index (χ0n) is 11.9. The quantitative estimate of drug-likeness (QED) is 0.922. The number of methoxy groups -OCH3 is 1. The summed E-state index contributed by atoms with van der Waals surface area (Å²) in [6.45, 7) is 1.90. The first-order valence-electron chi connectivity index (χ1n) is 6.61. The van der Waals surface area contributed by atoms with Gasteiger partial charge in [-0.3, -0.25) is 9.78 Å². The standard InChI is InChI=1S/C16H17ClN2O2/c1-11(19-16(20)13-4-3-9-18-10-13)15(21-2)12-5-7-14(17)8-6-12/h3-11,15H,1-2H3,(H,19,20)/t11-,15+/m0/s1. The van der Waals surface area contributed by atoms with Crippen molar-refractivity contribution in [2.24, 2.45) is 0 Å². The highest BCUT2D eigenvalue weighted by molar-refractivity contribution is 6.30. The van der Waals surface area contributed by atoms with E-state index in [9.17, 15) is 4.79 Å². The van der Waals surface area contributed by atoms with E-state index >= 15 is 0 Å². The summed E-state index contributed by atoms with van der Waals surface area (Å²) in [7, 11) is 1.62. The van der Waals surface area contributed by atoms with Crippen molar-refractivity contribution >= 4 is 17.5 Å². The predicted molar refractivity (Wildman–Crippen MR) is 82.4 cm³/mol. The van der Waals surface area contributed by atoms with Crippen molar-refractivity contribution in [1.29, 1.82) is 0 Å². The Hall–Kier alpha value is -1.91. The third-order valence-corrected chi connectivity index (χ3v) is 3.44. The molecule has 0 unspecified atom stereocenters. The molecule has 1 amide bonds. The molecule has 0 aliphatic carbocycles. The normalized spacial score (nSPS) is 13.5. The summed E-state index contributed by atoms with van der Waals surface area (Å²) in [4.78, 5) is 16.1.